The number of carbonyl (C=O) groups is 1. The first kappa shape index (κ1) is 21.6. The summed E-state index contributed by atoms with van der Waals surface area (Å²) in [6, 6.07) is 18.8. The molecule has 0 aliphatic heterocycles. The van der Waals surface area contributed by atoms with Gasteiger partial charge in [-0.05, 0) is 55.8 Å². The lowest BCUT2D eigenvalue weighted by Crippen LogP contribution is -2.30. The zero-order chi connectivity index (χ0) is 21.6. The summed E-state index contributed by atoms with van der Waals surface area (Å²) in [5.74, 6) is 1.000. The van der Waals surface area contributed by atoms with E-state index in [0.717, 1.165) is 0 Å². The first-order chi connectivity index (χ1) is 14.3. The molecule has 0 radical (unpaired) electrons. The van der Waals surface area contributed by atoms with Gasteiger partial charge in [0.1, 0.15) is 18.1 Å². The van der Waals surface area contributed by atoms with Crippen LogP contribution in [-0.4, -0.2) is 20.4 Å². The van der Waals surface area contributed by atoms with Crippen LogP contribution in [0.5, 0.6) is 5.75 Å². The fourth-order valence-corrected chi connectivity index (χ4v) is 4.04. The van der Waals surface area contributed by atoms with E-state index in [-0.39, 0.29) is 29.8 Å². The predicted octanol–water partition coefficient (Wildman–Crippen LogP) is 3.48. The van der Waals surface area contributed by atoms with Crippen molar-refractivity contribution in [2.45, 2.75) is 37.9 Å². The number of ether oxygens (including phenoxy) is 1. The molecule has 1 heterocycles. The maximum atomic E-state index is 12.4. The third-order valence-corrected chi connectivity index (χ3v) is 5.72. The molecule has 0 aliphatic carbocycles. The largest absolute Gasteiger partial charge is 0.486 e. The molecule has 0 saturated heterocycles. The summed E-state index contributed by atoms with van der Waals surface area (Å²) in [7, 11) is -3.59. The molecule has 0 fully saturated rings. The molecule has 2 aromatic carbocycles. The van der Waals surface area contributed by atoms with Crippen LogP contribution >= 0.6 is 0 Å². The second-order valence-electron chi connectivity index (χ2n) is 6.97. The molecule has 8 heteroatoms. The van der Waals surface area contributed by atoms with E-state index in [9.17, 15) is 13.2 Å². The standard InChI is InChI=1S/C22H24N2O5S/c1-16(2)24-30(26,27)20-10-6-7-17(13-20)14-23-22(25)21-12-11-19(29-21)15-28-18-8-4-3-5-9-18/h3-13,16,24H,14-15H2,1-2H3,(H,23,25). The summed E-state index contributed by atoms with van der Waals surface area (Å²) in [5.41, 5.74) is 0.661. The van der Waals surface area contributed by atoms with Crippen LogP contribution in [0.4, 0.5) is 0 Å². The summed E-state index contributed by atoms with van der Waals surface area (Å²) < 4.78 is 38.3. The van der Waals surface area contributed by atoms with E-state index in [0.29, 0.717) is 17.1 Å². The molecule has 0 aliphatic rings. The topological polar surface area (TPSA) is 97.6 Å². The highest BCUT2D eigenvalue weighted by Gasteiger charge is 2.16. The number of rotatable bonds is 9. The van der Waals surface area contributed by atoms with Crippen molar-refractivity contribution in [3.05, 3.63) is 83.8 Å². The smallest absolute Gasteiger partial charge is 0.287 e. The molecule has 3 aromatic rings. The average Bonchev–Trinajstić information content (AvgIpc) is 3.20. The first-order valence-electron chi connectivity index (χ1n) is 9.49. The van der Waals surface area contributed by atoms with E-state index < -0.39 is 15.9 Å². The van der Waals surface area contributed by atoms with E-state index in [1.165, 1.54) is 12.1 Å². The van der Waals surface area contributed by atoms with Crippen LogP contribution in [0.15, 0.2) is 76.0 Å². The Morgan fingerprint density at radius 3 is 2.53 bits per heavy atom. The van der Waals surface area contributed by atoms with Gasteiger partial charge in [-0.15, -0.1) is 0 Å². The Hall–Kier alpha value is -3.10. The van der Waals surface area contributed by atoms with Crippen LogP contribution in [0.1, 0.15) is 35.7 Å². The lowest BCUT2D eigenvalue weighted by molar-refractivity contribution is 0.0919. The van der Waals surface area contributed by atoms with Gasteiger partial charge in [0.2, 0.25) is 10.0 Å². The summed E-state index contributed by atoms with van der Waals surface area (Å²) >= 11 is 0. The lowest BCUT2D eigenvalue weighted by atomic mass is 10.2. The Bertz CT molecular complexity index is 1090. The van der Waals surface area contributed by atoms with Crippen molar-refractivity contribution in [1.82, 2.24) is 10.0 Å². The van der Waals surface area contributed by atoms with Crippen molar-refractivity contribution < 1.29 is 22.4 Å². The van der Waals surface area contributed by atoms with Crippen LogP contribution in [0.2, 0.25) is 0 Å². The van der Waals surface area contributed by atoms with Gasteiger partial charge in [0.05, 0.1) is 4.90 Å². The Kier molecular flexibility index (Phi) is 6.91. The average molecular weight is 429 g/mol. The second-order valence-corrected chi connectivity index (χ2v) is 8.69. The number of amides is 1. The zero-order valence-electron chi connectivity index (χ0n) is 16.8. The maximum Gasteiger partial charge on any atom is 0.287 e. The van der Waals surface area contributed by atoms with E-state index in [1.54, 1.807) is 38.1 Å². The molecule has 0 spiro atoms. The lowest BCUT2D eigenvalue weighted by Gasteiger charge is -2.11. The third-order valence-electron chi connectivity index (χ3n) is 4.06. The minimum atomic E-state index is -3.59. The van der Waals surface area contributed by atoms with Gasteiger partial charge in [0.25, 0.3) is 5.91 Å². The molecule has 1 amide bonds. The molecule has 3 rings (SSSR count). The number of benzene rings is 2. The van der Waals surface area contributed by atoms with Crippen LogP contribution in [0, 0.1) is 0 Å². The number of sulfonamides is 1. The number of para-hydroxylation sites is 1. The number of hydrogen-bond acceptors (Lipinski definition) is 5. The van der Waals surface area contributed by atoms with E-state index in [4.69, 9.17) is 9.15 Å². The number of nitrogens with one attached hydrogen (secondary N) is 2. The van der Waals surface area contributed by atoms with Gasteiger partial charge < -0.3 is 14.5 Å². The van der Waals surface area contributed by atoms with Gasteiger partial charge in [0, 0.05) is 12.6 Å². The van der Waals surface area contributed by atoms with Crippen molar-refractivity contribution in [2.75, 3.05) is 0 Å². The minimum absolute atomic E-state index is 0.154. The van der Waals surface area contributed by atoms with Gasteiger partial charge in [-0.3, -0.25) is 4.79 Å². The molecular formula is C22H24N2O5S. The number of carbonyl (C=O) groups excluding carboxylic acids is 1. The van der Waals surface area contributed by atoms with Crippen molar-refractivity contribution in [2.24, 2.45) is 0 Å². The van der Waals surface area contributed by atoms with Crippen LogP contribution < -0.4 is 14.8 Å². The highest BCUT2D eigenvalue weighted by molar-refractivity contribution is 7.89. The highest BCUT2D eigenvalue weighted by atomic mass is 32.2. The Morgan fingerprint density at radius 1 is 1.03 bits per heavy atom. The molecule has 0 unspecified atom stereocenters. The van der Waals surface area contributed by atoms with Gasteiger partial charge in [-0.2, -0.15) is 0 Å². The molecule has 158 valence electrons. The van der Waals surface area contributed by atoms with E-state index in [1.807, 2.05) is 30.3 Å². The Morgan fingerprint density at radius 2 is 1.80 bits per heavy atom. The quantitative estimate of drug-likeness (QED) is 0.544. The summed E-state index contributed by atoms with van der Waals surface area (Å²) in [4.78, 5) is 12.5. The highest BCUT2D eigenvalue weighted by Crippen LogP contribution is 2.15. The van der Waals surface area contributed by atoms with Gasteiger partial charge in [0.15, 0.2) is 5.76 Å². The van der Waals surface area contributed by atoms with Crippen molar-refractivity contribution in [3.8, 4) is 5.75 Å². The van der Waals surface area contributed by atoms with Gasteiger partial charge in [-0.25, -0.2) is 13.1 Å². The predicted molar refractivity (Wildman–Crippen MR) is 113 cm³/mol. The molecular weight excluding hydrogens is 404 g/mol. The SMILES string of the molecule is CC(C)NS(=O)(=O)c1cccc(CNC(=O)c2ccc(COc3ccccc3)o2)c1. The number of hydrogen-bond donors (Lipinski definition) is 2. The molecule has 30 heavy (non-hydrogen) atoms. The van der Waals surface area contributed by atoms with Crippen molar-refractivity contribution in [3.63, 3.8) is 0 Å². The minimum Gasteiger partial charge on any atom is -0.486 e. The van der Waals surface area contributed by atoms with E-state index >= 15 is 0 Å². The van der Waals surface area contributed by atoms with Gasteiger partial charge in [-0.1, -0.05) is 30.3 Å². The fraction of sp³-hybridized carbons (Fsp3) is 0.227. The summed E-state index contributed by atoms with van der Waals surface area (Å²) in [6.07, 6.45) is 0. The molecule has 0 saturated carbocycles. The number of furan rings is 1. The molecule has 7 nitrogen and oxygen atoms in total. The maximum absolute atomic E-state index is 12.4. The Labute approximate surface area is 176 Å². The fourth-order valence-electron chi connectivity index (χ4n) is 2.72. The van der Waals surface area contributed by atoms with Crippen molar-refractivity contribution in [1.29, 1.82) is 0 Å². The zero-order valence-corrected chi connectivity index (χ0v) is 17.6. The summed E-state index contributed by atoms with van der Waals surface area (Å²) in [5, 5.41) is 2.73. The van der Waals surface area contributed by atoms with E-state index in [2.05, 4.69) is 10.0 Å². The monoisotopic (exact) mass is 428 g/mol. The van der Waals surface area contributed by atoms with Crippen molar-refractivity contribution >= 4 is 15.9 Å². The van der Waals surface area contributed by atoms with Gasteiger partial charge >= 0.3 is 0 Å². The summed E-state index contributed by atoms with van der Waals surface area (Å²) in [6.45, 7) is 3.88. The molecule has 0 atom stereocenters. The first-order valence-corrected chi connectivity index (χ1v) is 11.0. The van der Waals surface area contributed by atoms with Crippen LogP contribution in [0.3, 0.4) is 0 Å². The third kappa shape index (κ3) is 5.95. The molecule has 2 N–H and O–H groups in total. The molecule has 1 aromatic heterocycles. The van der Waals surface area contributed by atoms with Crippen LogP contribution in [-0.2, 0) is 23.2 Å². The Balaban J connectivity index is 1.57. The normalized spacial score (nSPS) is 11.4. The molecule has 0 bridgehead atoms. The second kappa shape index (κ2) is 9.60. The van der Waals surface area contributed by atoms with Crippen LogP contribution in [0.25, 0.3) is 0 Å².